The molecule has 112 valence electrons. The van der Waals surface area contributed by atoms with E-state index in [0.29, 0.717) is 34.5 Å². The van der Waals surface area contributed by atoms with Crippen molar-refractivity contribution in [3.05, 3.63) is 29.4 Å². The Bertz CT molecular complexity index is 638. The molecule has 1 aromatic heterocycles. The van der Waals surface area contributed by atoms with Crippen molar-refractivity contribution < 1.29 is 23.8 Å². The molecular formula is C14H16N2O5. The molecule has 0 radical (unpaired) electrons. The fraction of sp³-hybridized carbons (Fsp3) is 0.429. The van der Waals surface area contributed by atoms with Crippen molar-refractivity contribution in [1.82, 2.24) is 10.1 Å². The maximum atomic E-state index is 9.40. The third kappa shape index (κ3) is 2.78. The normalized spacial score (nSPS) is 13.0. The number of rotatable bonds is 5. The molecule has 2 heterocycles. The molecule has 0 aliphatic carbocycles. The summed E-state index contributed by atoms with van der Waals surface area (Å²) in [5, 5.41) is 13.3. The van der Waals surface area contributed by atoms with Gasteiger partial charge in [0.25, 0.3) is 5.89 Å². The van der Waals surface area contributed by atoms with E-state index in [2.05, 4.69) is 10.1 Å². The van der Waals surface area contributed by atoms with Gasteiger partial charge >= 0.3 is 0 Å². The molecule has 0 saturated heterocycles. The summed E-state index contributed by atoms with van der Waals surface area (Å²) in [6.07, 6.45) is 0. The van der Waals surface area contributed by atoms with E-state index in [1.807, 2.05) is 13.8 Å². The lowest BCUT2D eigenvalue weighted by atomic mass is 10.2. The highest BCUT2D eigenvalue weighted by Gasteiger charge is 2.18. The molecule has 7 heteroatoms. The molecule has 0 atom stereocenters. The number of hydrogen-bond acceptors (Lipinski definition) is 7. The fourth-order valence-electron chi connectivity index (χ4n) is 1.92. The highest BCUT2D eigenvalue weighted by atomic mass is 16.7. The number of benzene rings is 1. The van der Waals surface area contributed by atoms with Crippen LogP contribution in [0, 0.1) is 0 Å². The van der Waals surface area contributed by atoms with E-state index in [1.54, 1.807) is 12.1 Å². The summed E-state index contributed by atoms with van der Waals surface area (Å²) in [5.74, 6) is 2.93. The van der Waals surface area contributed by atoms with Gasteiger partial charge in [0.2, 0.25) is 6.79 Å². The minimum Gasteiger partial charge on any atom is -0.483 e. The molecule has 0 saturated carbocycles. The zero-order valence-electron chi connectivity index (χ0n) is 11.8. The summed E-state index contributed by atoms with van der Waals surface area (Å²) in [6.45, 7) is 4.11. The standard InChI is InChI=1S/C14H16N2O5/c1-8(2)14-15-13(21-16-14)6-18-10-4-12-11(19-7-20-12)3-9(10)5-17/h3-4,8,17H,5-7H2,1-2H3. The molecule has 0 spiro atoms. The van der Waals surface area contributed by atoms with Crippen LogP contribution >= 0.6 is 0 Å². The first kappa shape index (κ1) is 13.7. The second-order valence-electron chi connectivity index (χ2n) is 4.96. The van der Waals surface area contributed by atoms with Gasteiger partial charge in [-0.1, -0.05) is 19.0 Å². The molecule has 7 nitrogen and oxygen atoms in total. The smallest absolute Gasteiger partial charge is 0.264 e. The van der Waals surface area contributed by atoms with Crippen molar-refractivity contribution >= 4 is 0 Å². The van der Waals surface area contributed by atoms with Crippen molar-refractivity contribution in [2.45, 2.75) is 33.0 Å². The zero-order chi connectivity index (χ0) is 14.8. The van der Waals surface area contributed by atoms with Crippen molar-refractivity contribution in [2.24, 2.45) is 0 Å². The van der Waals surface area contributed by atoms with E-state index in [-0.39, 0.29) is 25.9 Å². The summed E-state index contributed by atoms with van der Waals surface area (Å²) in [6, 6.07) is 3.39. The molecular weight excluding hydrogens is 276 g/mol. The first-order valence-corrected chi connectivity index (χ1v) is 6.66. The van der Waals surface area contributed by atoms with Gasteiger partial charge in [0.05, 0.1) is 6.61 Å². The van der Waals surface area contributed by atoms with Gasteiger partial charge in [-0.3, -0.25) is 0 Å². The predicted octanol–water partition coefficient (Wildman–Crippen LogP) is 1.99. The molecule has 1 aromatic carbocycles. The number of fused-ring (bicyclic) bond motifs is 1. The van der Waals surface area contributed by atoms with Crippen LogP contribution in [0.5, 0.6) is 17.2 Å². The number of aliphatic hydroxyl groups is 1. The molecule has 21 heavy (non-hydrogen) atoms. The molecule has 0 unspecified atom stereocenters. The maximum absolute atomic E-state index is 9.40. The quantitative estimate of drug-likeness (QED) is 0.901. The van der Waals surface area contributed by atoms with Crippen LogP contribution in [0.4, 0.5) is 0 Å². The van der Waals surface area contributed by atoms with E-state index >= 15 is 0 Å². The van der Waals surface area contributed by atoms with E-state index in [0.717, 1.165) is 0 Å². The van der Waals surface area contributed by atoms with Gasteiger partial charge < -0.3 is 23.8 Å². The largest absolute Gasteiger partial charge is 0.483 e. The van der Waals surface area contributed by atoms with Crippen molar-refractivity contribution in [3.8, 4) is 17.2 Å². The van der Waals surface area contributed by atoms with E-state index in [9.17, 15) is 5.11 Å². The van der Waals surface area contributed by atoms with Gasteiger partial charge in [-0.25, -0.2) is 0 Å². The Kier molecular flexibility index (Phi) is 3.66. The molecule has 1 N–H and O–H groups in total. The third-order valence-corrected chi connectivity index (χ3v) is 3.08. The minimum atomic E-state index is -0.160. The minimum absolute atomic E-state index is 0.131. The Morgan fingerprint density at radius 1 is 1.29 bits per heavy atom. The van der Waals surface area contributed by atoms with Gasteiger partial charge in [0.1, 0.15) is 5.75 Å². The van der Waals surface area contributed by atoms with Crippen molar-refractivity contribution in [3.63, 3.8) is 0 Å². The van der Waals surface area contributed by atoms with Crippen LogP contribution in [0.3, 0.4) is 0 Å². The van der Waals surface area contributed by atoms with Gasteiger partial charge in [-0.15, -0.1) is 0 Å². The van der Waals surface area contributed by atoms with Crippen LogP contribution in [0.15, 0.2) is 16.7 Å². The Hall–Kier alpha value is -2.28. The molecule has 0 amide bonds. The highest BCUT2D eigenvalue weighted by molar-refractivity contribution is 5.51. The number of hydrogen-bond donors (Lipinski definition) is 1. The lowest BCUT2D eigenvalue weighted by Crippen LogP contribution is -2.00. The number of aliphatic hydroxyl groups excluding tert-OH is 1. The van der Waals surface area contributed by atoms with Crippen LogP contribution in [-0.4, -0.2) is 22.0 Å². The summed E-state index contributed by atoms with van der Waals surface area (Å²) in [7, 11) is 0. The number of nitrogens with zero attached hydrogens (tertiary/aromatic N) is 2. The SMILES string of the molecule is CC(C)c1noc(COc2cc3c(cc2CO)OCO3)n1. The average molecular weight is 292 g/mol. The van der Waals surface area contributed by atoms with E-state index in [4.69, 9.17) is 18.7 Å². The van der Waals surface area contributed by atoms with Crippen LogP contribution in [0.25, 0.3) is 0 Å². The number of aromatic nitrogens is 2. The Labute approximate surface area is 121 Å². The van der Waals surface area contributed by atoms with Crippen LogP contribution in [0.1, 0.15) is 37.0 Å². The van der Waals surface area contributed by atoms with E-state index < -0.39 is 0 Å². The van der Waals surface area contributed by atoms with Crippen LogP contribution < -0.4 is 14.2 Å². The fourth-order valence-corrected chi connectivity index (χ4v) is 1.92. The zero-order valence-corrected chi connectivity index (χ0v) is 11.8. The van der Waals surface area contributed by atoms with E-state index in [1.165, 1.54) is 0 Å². The summed E-state index contributed by atoms with van der Waals surface area (Å²) >= 11 is 0. The first-order valence-electron chi connectivity index (χ1n) is 6.66. The van der Waals surface area contributed by atoms with Crippen LogP contribution in [0.2, 0.25) is 0 Å². The predicted molar refractivity (Wildman–Crippen MR) is 71.2 cm³/mol. The highest BCUT2D eigenvalue weighted by Crippen LogP contribution is 2.38. The second-order valence-corrected chi connectivity index (χ2v) is 4.96. The molecule has 2 aromatic rings. The van der Waals surface area contributed by atoms with Crippen molar-refractivity contribution in [2.75, 3.05) is 6.79 Å². The lowest BCUT2D eigenvalue weighted by molar-refractivity contribution is 0.173. The van der Waals surface area contributed by atoms with Gasteiger partial charge in [-0.05, 0) is 6.07 Å². The monoisotopic (exact) mass is 292 g/mol. The Morgan fingerprint density at radius 2 is 2.05 bits per heavy atom. The van der Waals surface area contributed by atoms with Gasteiger partial charge in [0, 0.05) is 17.5 Å². The Balaban J connectivity index is 1.75. The summed E-state index contributed by atoms with van der Waals surface area (Å²) in [5.41, 5.74) is 0.614. The average Bonchev–Trinajstić information content (AvgIpc) is 3.12. The Morgan fingerprint density at radius 3 is 2.71 bits per heavy atom. The third-order valence-electron chi connectivity index (χ3n) is 3.08. The van der Waals surface area contributed by atoms with Crippen LogP contribution in [-0.2, 0) is 13.2 Å². The lowest BCUT2D eigenvalue weighted by Gasteiger charge is -2.09. The van der Waals surface area contributed by atoms with Gasteiger partial charge in [-0.2, -0.15) is 4.98 Å². The van der Waals surface area contributed by atoms with Gasteiger partial charge in [0.15, 0.2) is 23.9 Å². The molecule has 0 fully saturated rings. The molecule has 1 aliphatic rings. The topological polar surface area (TPSA) is 86.8 Å². The summed E-state index contributed by atoms with van der Waals surface area (Å²) in [4.78, 5) is 4.23. The summed E-state index contributed by atoms with van der Waals surface area (Å²) < 4.78 is 21.3. The molecule has 0 bridgehead atoms. The molecule has 1 aliphatic heterocycles. The molecule has 3 rings (SSSR count). The maximum Gasteiger partial charge on any atom is 0.264 e. The second kappa shape index (κ2) is 5.61. The number of ether oxygens (including phenoxy) is 3. The van der Waals surface area contributed by atoms with Crippen molar-refractivity contribution in [1.29, 1.82) is 0 Å². The first-order chi connectivity index (χ1) is 10.2.